The van der Waals surface area contributed by atoms with Crippen LogP contribution >= 0.6 is 0 Å². The highest BCUT2D eigenvalue weighted by Crippen LogP contribution is 2.33. The van der Waals surface area contributed by atoms with Crippen molar-refractivity contribution >= 4 is 33.8 Å². The van der Waals surface area contributed by atoms with Gasteiger partial charge in [-0.2, -0.15) is 0 Å². The van der Waals surface area contributed by atoms with Crippen LogP contribution in [0.15, 0.2) is 30.3 Å². The van der Waals surface area contributed by atoms with Crippen molar-refractivity contribution < 1.29 is 32.6 Å². The zero-order valence-electron chi connectivity index (χ0n) is 22.1. The molecule has 37 heavy (non-hydrogen) atoms. The Morgan fingerprint density at radius 2 is 1.70 bits per heavy atom. The number of rotatable bonds is 10. The third-order valence-corrected chi connectivity index (χ3v) is 7.00. The summed E-state index contributed by atoms with van der Waals surface area (Å²) in [4.78, 5) is 33.3. The second-order valence-electron chi connectivity index (χ2n) is 10.3. The molecule has 0 saturated carbocycles. The van der Waals surface area contributed by atoms with Crippen molar-refractivity contribution in [2.24, 2.45) is 11.3 Å². The molecule has 0 spiro atoms. The summed E-state index contributed by atoms with van der Waals surface area (Å²) in [5.74, 6) is -3.63. The first-order valence-corrected chi connectivity index (χ1v) is 13.5. The number of carboxylic acid groups (broad SMARTS) is 1. The van der Waals surface area contributed by atoms with Gasteiger partial charge in [0.15, 0.2) is 5.78 Å². The number of ketones is 1. The van der Waals surface area contributed by atoms with Crippen LogP contribution in [0.5, 0.6) is 0 Å². The summed E-state index contributed by atoms with van der Waals surface area (Å²) in [7, 11) is -2.37. The summed E-state index contributed by atoms with van der Waals surface area (Å²) in [5, 5.41) is 20.0. The predicted molar refractivity (Wildman–Crippen MR) is 140 cm³/mol. The SMILES string of the molecule is CC(C)c1nc(N(C)S(C)(=O)=O)nc(-c2ccc(F)cc2)c1C=CC(=O)C[C@@H](O)C(C(=O)O)C(C)(C)C. The molecule has 1 aromatic heterocycles. The van der Waals surface area contributed by atoms with Crippen LogP contribution in [-0.4, -0.2) is 59.8 Å². The highest BCUT2D eigenvalue weighted by molar-refractivity contribution is 7.92. The second kappa shape index (κ2) is 11.5. The number of aliphatic hydroxyl groups is 1. The summed E-state index contributed by atoms with van der Waals surface area (Å²) in [5.41, 5.74) is 0.847. The van der Waals surface area contributed by atoms with Gasteiger partial charge < -0.3 is 10.2 Å². The Bertz CT molecular complexity index is 1280. The molecule has 1 aromatic carbocycles. The van der Waals surface area contributed by atoms with Gasteiger partial charge >= 0.3 is 5.97 Å². The number of sulfonamides is 1. The molecular weight excluding hydrogens is 501 g/mol. The average Bonchev–Trinajstić information content (AvgIpc) is 2.75. The van der Waals surface area contributed by atoms with Gasteiger partial charge in [-0.05, 0) is 47.8 Å². The number of carbonyl (C=O) groups excluding carboxylic acids is 1. The Hall–Kier alpha value is -3.18. The molecule has 11 heteroatoms. The van der Waals surface area contributed by atoms with E-state index >= 15 is 0 Å². The molecule has 0 saturated heterocycles. The zero-order valence-corrected chi connectivity index (χ0v) is 22.9. The van der Waals surface area contributed by atoms with Gasteiger partial charge in [-0.15, -0.1) is 0 Å². The summed E-state index contributed by atoms with van der Waals surface area (Å²) in [6.07, 6.45) is 1.87. The molecule has 1 heterocycles. The van der Waals surface area contributed by atoms with E-state index < -0.39 is 51.5 Å². The number of carboxylic acids is 1. The Balaban J connectivity index is 2.60. The van der Waals surface area contributed by atoms with Crippen molar-refractivity contribution in [3.8, 4) is 11.3 Å². The van der Waals surface area contributed by atoms with Crippen molar-refractivity contribution in [1.82, 2.24) is 9.97 Å². The topological polar surface area (TPSA) is 138 Å². The Labute approximate surface area is 217 Å². The minimum atomic E-state index is -3.68. The van der Waals surface area contributed by atoms with E-state index in [1.54, 1.807) is 20.8 Å². The van der Waals surface area contributed by atoms with E-state index in [9.17, 15) is 32.6 Å². The van der Waals surface area contributed by atoms with Crippen molar-refractivity contribution in [3.63, 3.8) is 0 Å². The van der Waals surface area contributed by atoms with Gasteiger partial charge in [0, 0.05) is 24.6 Å². The molecule has 2 rings (SSSR count). The molecule has 0 fully saturated rings. The monoisotopic (exact) mass is 535 g/mol. The molecule has 9 nitrogen and oxygen atoms in total. The number of hydrogen-bond acceptors (Lipinski definition) is 7. The molecule has 2 aromatic rings. The average molecular weight is 536 g/mol. The van der Waals surface area contributed by atoms with Gasteiger partial charge in [-0.3, -0.25) is 9.59 Å². The molecular formula is C26H34FN3O6S. The van der Waals surface area contributed by atoms with Crippen LogP contribution in [-0.2, 0) is 19.6 Å². The highest BCUT2D eigenvalue weighted by Gasteiger charge is 2.38. The first-order valence-electron chi connectivity index (χ1n) is 11.7. The van der Waals surface area contributed by atoms with Gasteiger partial charge in [-0.25, -0.2) is 27.1 Å². The van der Waals surface area contributed by atoms with Crippen LogP contribution < -0.4 is 4.31 Å². The van der Waals surface area contributed by atoms with Crippen LogP contribution in [0.2, 0.25) is 0 Å². The van der Waals surface area contributed by atoms with Crippen molar-refractivity contribution in [1.29, 1.82) is 0 Å². The fourth-order valence-corrected chi connectivity index (χ4v) is 4.25. The summed E-state index contributed by atoms with van der Waals surface area (Å²) < 4.78 is 38.8. The minimum absolute atomic E-state index is 0.0844. The van der Waals surface area contributed by atoms with E-state index in [2.05, 4.69) is 9.97 Å². The summed E-state index contributed by atoms with van der Waals surface area (Å²) in [6.45, 7) is 8.69. The Morgan fingerprint density at radius 1 is 1.14 bits per heavy atom. The molecule has 2 atom stereocenters. The van der Waals surface area contributed by atoms with Gasteiger partial charge in [0.1, 0.15) is 5.82 Å². The van der Waals surface area contributed by atoms with Gasteiger partial charge in [0.05, 0.1) is 29.7 Å². The summed E-state index contributed by atoms with van der Waals surface area (Å²) >= 11 is 0. The quantitative estimate of drug-likeness (QED) is 0.437. The van der Waals surface area contributed by atoms with Crippen LogP contribution in [0.3, 0.4) is 0 Å². The fourth-order valence-electron chi connectivity index (χ4n) is 3.88. The standard InChI is InChI=1S/C26H34FN3O6S/c1-15(2)22-19(13-12-18(31)14-20(32)21(24(33)34)26(3,4)5)23(16-8-10-17(27)11-9-16)29-25(28-22)30(6)37(7,35)36/h8-13,15,20-21,32H,14H2,1-7H3,(H,33,34)/t20-,21?/m1/s1. The van der Waals surface area contributed by atoms with E-state index in [1.807, 2.05) is 13.8 Å². The number of aliphatic carboxylic acids is 1. The van der Waals surface area contributed by atoms with Crippen molar-refractivity contribution in [2.45, 2.75) is 53.1 Å². The lowest BCUT2D eigenvalue weighted by molar-refractivity contribution is -0.151. The maximum absolute atomic E-state index is 13.6. The lowest BCUT2D eigenvalue weighted by atomic mass is 9.76. The van der Waals surface area contributed by atoms with Crippen LogP contribution in [0.1, 0.15) is 58.2 Å². The molecule has 2 N–H and O–H groups in total. The van der Waals surface area contributed by atoms with Gasteiger partial charge in [0.25, 0.3) is 0 Å². The van der Waals surface area contributed by atoms with Gasteiger partial charge in [-0.1, -0.05) is 34.6 Å². The number of anilines is 1. The zero-order chi connectivity index (χ0) is 28.3. The number of aliphatic hydroxyl groups excluding tert-OH is 1. The number of hydrogen-bond donors (Lipinski definition) is 2. The highest BCUT2D eigenvalue weighted by atomic mass is 32.2. The maximum Gasteiger partial charge on any atom is 0.309 e. The summed E-state index contributed by atoms with van der Waals surface area (Å²) in [6, 6.07) is 5.44. The lowest BCUT2D eigenvalue weighted by Gasteiger charge is -2.30. The van der Waals surface area contributed by atoms with E-state index in [-0.39, 0.29) is 17.6 Å². The van der Waals surface area contributed by atoms with E-state index in [4.69, 9.17) is 0 Å². The third-order valence-electron chi connectivity index (χ3n) is 5.84. The fraction of sp³-hybridized carbons (Fsp3) is 0.462. The first kappa shape index (κ1) is 30.0. The number of halogens is 1. The molecule has 0 bridgehead atoms. The van der Waals surface area contributed by atoms with Crippen molar-refractivity contribution in [3.05, 3.63) is 47.4 Å². The second-order valence-corrected chi connectivity index (χ2v) is 12.3. The number of benzene rings is 1. The van der Waals surface area contributed by atoms with Crippen molar-refractivity contribution in [2.75, 3.05) is 17.6 Å². The largest absolute Gasteiger partial charge is 0.481 e. The number of allylic oxidation sites excluding steroid dienone is 1. The van der Waals surface area contributed by atoms with Crippen LogP contribution in [0, 0.1) is 17.2 Å². The predicted octanol–water partition coefficient (Wildman–Crippen LogP) is 3.88. The van der Waals surface area contributed by atoms with Crippen LogP contribution in [0.25, 0.3) is 17.3 Å². The van der Waals surface area contributed by atoms with Gasteiger partial charge in [0.2, 0.25) is 16.0 Å². The molecule has 0 aliphatic carbocycles. The van der Waals surface area contributed by atoms with Crippen LogP contribution in [0.4, 0.5) is 10.3 Å². The van der Waals surface area contributed by atoms with E-state index in [0.717, 1.165) is 10.6 Å². The number of carbonyl (C=O) groups is 2. The Morgan fingerprint density at radius 3 is 2.16 bits per heavy atom. The molecule has 1 unspecified atom stereocenters. The maximum atomic E-state index is 13.6. The lowest BCUT2D eigenvalue weighted by Crippen LogP contribution is -2.39. The number of nitrogens with zero attached hydrogens (tertiary/aromatic N) is 3. The first-order chi connectivity index (χ1) is 16.9. The Kier molecular flexibility index (Phi) is 9.32. The smallest absolute Gasteiger partial charge is 0.309 e. The number of aromatic nitrogens is 2. The normalized spacial score (nSPS) is 14.1. The molecule has 0 amide bonds. The van der Waals surface area contributed by atoms with E-state index in [0.29, 0.717) is 16.8 Å². The van der Waals surface area contributed by atoms with E-state index in [1.165, 1.54) is 43.5 Å². The molecule has 202 valence electrons. The molecule has 0 aliphatic rings. The third kappa shape index (κ3) is 7.65. The molecule has 0 aliphatic heterocycles. The molecule has 0 radical (unpaired) electrons. The minimum Gasteiger partial charge on any atom is -0.481 e.